The van der Waals surface area contributed by atoms with Crippen molar-refractivity contribution in [3.63, 3.8) is 0 Å². The van der Waals surface area contributed by atoms with Crippen molar-refractivity contribution in [3.8, 4) is 0 Å². The molecule has 1 N–H and O–H groups in total. The summed E-state index contributed by atoms with van der Waals surface area (Å²) >= 11 is 0. The fourth-order valence-electron chi connectivity index (χ4n) is 2.64. The van der Waals surface area contributed by atoms with E-state index in [1.807, 2.05) is 25.1 Å². The van der Waals surface area contributed by atoms with Gasteiger partial charge in [-0.05, 0) is 38.3 Å². The van der Waals surface area contributed by atoms with E-state index in [1.54, 1.807) is 0 Å². The smallest absolute Gasteiger partial charge is 0.313 e. The van der Waals surface area contributed by atoms with E-state index >= 15 is 0 Å². The van der Waals surface area contributed by atoms with E-state index in [-0.39, 0.29) is 11.4 Å². The standard InChI is InChI=1S/C15H21NO2/c1-2-18-14(17)15(9-6-10-16-12-15)11-13-7-4-3-5-8-13/h3-5,7-8,16H,2,6,9-12H2,1H3/t15-/m1/s1. The van der Waals surface area contributed by atoms with Gasteiger partial charge >= 0.3 is 5.97 Å². The molecule has 1 aliphatic rings. The summed E-state index contributed by atoms with van der Waals surface area (Å²) < 4.78 is 5.28. The summed E-state index contributed by atoms with van der Waals surface area (Å²) in [5.41, 5.74) is 0.824. The van der Waals surface area contributed by atoms with E-state index in [0.717, 1.165) is 32.4 Å². The summed E-state index contributed by atoms with van der Waals surface area (Å²) in [6.45, 7) is 4.04. The van der Waals surface area contributed by atoms with Crippen LogP contribution in [-0.4, -0.2) is 25.7 Å². The second-order valence-corrected chi connectivity index (χ2v) is 4.94. The molecule has 0 aliphatic carbocycles. The highest BCUT2D eigenvalue weighted by molar-refractivity contribution is 5.77. The molecule has 1 atom stereocenters. The molecule has 0 radical (unpaired) electrons. The van der Waals surface area contributed by atoms with Crippen molar-refractivity contribution in [1.82, 2.24) is 5.32 Å². The molecular formula is C15H21NO2. The van der Waals surface area contributed by atoms with Crippen LogP contribution in [0.4, 0.5) is 0 Å². The third kappa shape index (κ3) is 2.91. The molecule has 1 aliphatic heterocycles. The first-order valence-electron chi connectivity index (χ1n) is 6.69. The highest BCUT2D eigenvalue weighted by atomic mass is 16.5. The number of carbonyl (C=O) groups excluding carboxylic acids is 1. The molecule has 3 heteroatoms. The van der Waals surface area contributed by atoms with Crippen molar-refractivity contribution in [2.45, 2.75) is 26.2 Å². The van der Waals surface area contributed by atoms with Crippen LogP contribution in [0.25, 0.3) is 0 Å². The lowest BCUT2D eigenvalue weighted by molar-refractivity contribution is -0.156. The third-order valence-electron chi connectivity index (χ3n) is 3.57. The van der Waals surface area contributed by atoms with Gasteiger partial charge < -0.3 is 10.1 Å². The maximum absolute atomic E-state index is 12.3. The average Bonchev–Trinajstić information content (AvgIpc) is 2.41. The molecule has 1 saturated heterocycles. The number of hydrogen-bond donors (Lipinski definition) is 1. The molecule has 0 spiro atoms. The van der Waals surface area contributed by atoms with Crippen LogP contribution in [0.3, 0.4) is 0 Å². The number of rotatable bonds is 4. The SMILES string of the molecule is CCOC(=O)[C@@]1(Cc2ccccc2)CCCNC1. The number of piperidine rings is 1. The molecule has 0 unspecified atom stereocenters. The first kappa shape index (κ1) is 13.1. The van der Waals surface area contributed by atoms with Crippen LogP contribution in [0.2, 0.25) is 0 Å². The summed E-state index contributed by atoms with van der Waals surface area (Å²) in [5, 5.41) is 3.33. The number of nitrogens with one attached hydrogen (secondary N) is 1. The highest BCUT2D eigenvalue weighted by Gasteiger charge is 2.40. The number of ether oxygens (including phenoxy) is 1. The summed E-state index contributed by atoms with van der Waals surface area (Å²) in [5.74, 6) is -0.0546. The predicted molar refractivity (Wildman–Crippen MR) is 71.3 cm³/mol. The van der Waals surface area contributed by atoms with Crippen molar-refractivity contribution < 1.29 is 9.53 Å². The Kier molecular flexibility index (Phi) is 4.37. The van der Waals surface area contributed by atoms with E-state index < -0.39 is 0 Å². The molecule has 0 amide bonds. The van der Waals surface area contributed by atoms with E-state index in [9.17, 15) is 4.79 Å². The van der Waals surface area contributed by atoms with E-state index in [4.69, 9.17) is 4.74 Å². The van der Waals surface area contributed by atoms with Gasteiger partial charge in [0.2, 0.25) is 0 Å². The molecule has 18 heavy (non-hydrogen) atoms. The van der Waals surface area contributed by atoms with Gasteiger partial charge in [0.25, 0.3) is 0 Å². The molecule has 98 valence electrons. The summed E-state index contributed by atoms with van der Waals surface area (Å²) in [6, 6.07) is 10.2. The normalized spacial score (nSPS) is 23.6. The maximum Gasteiger partial charge on any atom is 0.313 e. The predicted octanol–water partition coefficient (Wildman–Crippen LogP) is 2.16. The van der Waals surface area contributed by atoms with Crippen molar-refractivity contribution >= 4 is 5.97 Å². The first-order chi connectivity index (χ1) is 8.77. The van der Waals surface area contributed by atoms with Gasteiger partial charge in [0.15, 0.2) is 0 Å². The van der Waals surface area contributed by atoms with E-state index in [1.165, 1.54) is 5.56 Å². The number of carbonyl (C=O) groups is 1. The van der Waals surface area contributed by atoms with Crippen LogP contribution in [0.1, 0.15) is 25.3 Å². The van der Waals surface area contributed by atoms with Crippen LogP contribution >= 0.6 is 0 Å². The molecule has 0 aromatic heterocycles. The van der Waals surface area contributed by atoms with Crippen molar-refractivity contribution in [2.24, 2.45) is 5.41 Å². The number of hydrogen-bond acceptors (Lipinski definition) is 3. The second kappa shape index (κ2) is 6.01. The fourth-order valence-corrected chi connectivity index (χ4v) is 2.64. The van der Waals surface area contributed by atoms with Gasteiger partial charge in [-0.15, -0.1) is 0 Å². The minimum atomic E-state index is -0.379. The van der Waals surface area contributed by atoms with Crippen molar-refractivity contribution in [1.29, 1.82) is 0 Å². The zero-order valence-electron chi connectivity index (χ0n) is 10.9. The Bertz CT molecular complexity index is 383. The largest absolute Gasteiger partial charge is 0.466 e. The molecule has 0 bridgehead atoms. The fraction of sp³-hybridized carbons (Fsp3) is 0.533. The lowest BCUT2D eigenvalue weighted by Gasteiger charge is -2.35. The Morgan fingerprint density at radius 2 is 2.17 bits per heavy atom. The van der Waals surface area contributed by atoms with E-state index in [0.29, 0.717) is 6.61 Å². The van der Waals surface area contributed by atoms with Gasteiger partial charge in [-0.1, -0.05) is 30.3 Å². The Morgan fingerprint density at radius 1 is 1.39 bits per heavy atom. The quantitative estimate of drug-likeness (QED) is 0.829. The Labute approximate surface area is 109 Å². The van der Waals surface area contributed by atoms with Crippen LogP contribution in [0.15, 0.2) is 30.3 Å². The number of benzene rings is 1. The number of esters is 1. The van der Waals surface area contributed by atoms with Crippen LogP contribution in [0, 0.1) is 5.41 Å². The topological polar surface area (TPSA) is 38.3 Å². The Balaban J connectivity index is 2.16. The molecule has 3 nitrogen and oxygen atoms in total. The van der Waals surface area contributed by atoms with Crippen LogP contribution in [0.5, 0.6) is 0 Å². The van der Waals surface area contributed by atoms with Gasteiger partial charge in [0.1, 0.15) is 0 Å². The lowest BCUT2D eigenvalue weighted by Crippen LogP contribution is -2.47. The van der Waals surface area contributed by atoms with Crippen molar-refractivity contribution in [3.05, 3.63) is 35.9 Å². The molecule has 0 saturated carbocycles. The van der Waals surface area contributed by atoms with Crippen LogP contribution < -0.4 is 5.32 Å². The Hall–Kier alpha value is -1.35. The van der Waals surface area contributed by atoms with E-state index in [2.05, 4.69) is 17.4 Å². The molecule has 1 heterocycles. The zero-order valence-corrected chi connectivity index (χ0v) is 10.9. The average molecular weight is 247 g/mol. The lowest BCUT2D eigenvalue weighted by atomic mass is 9.76. The van der Waals surface area contributed by atoms with Gasteiger partial charge in [-0.25, -0.2) is 0 Å². The van der Waals surface area contributed by atoms with Gasteiger partial charge in [0, 0.05) is 6.54 Å². The summed E-state index contributed by atoms with van der Waals surface area (Å²) in [7, 11) is 0. The van der Waals surface area contributed by atoms with Gasteiger partial charge in [-0.2, -0.15) is 0 Å². The maximum atomic E-state index is 12.3. The minimum Gasteiger partial charge on any atom is -0.466 e. The minimum absolute atomic E-state index is 0.0546. The molecular weight excluding hydrogens is 226 g/mol. The monoisotopic (exact) mass is 247 g/mol. The van der Waals surface area contributed by atoms with Crippen LogP contribution in [-0.2, 0) is 16.0 Å². The highest BCUT2D eigenvalue weighted by Crippen LogP contribution is 2.32. The zero-order chi connectivity index (χ0) is 12.8. The summed E-state index contributed by atoms with van der Waals surface area (Å²) in [4.78, 5) is 12.3. The first-order valence-corrected chi connectivity index (χ1v) is 6.69. The Morgan fingerprint density at radius 3 is 2.78 bits per heavy atom. The van der Waals surface area contributed by atoms with Crippen molar-refractivity contribution in [2.75, 3.05) is 19.7 Å². The third-order valence-corrected chi connectivity index (χ3v) is 3.57. The molecule has 1 fully saturated rings. The second-order valence-electron chi connectivity index (χ2n) is 4.94. The molecule has 2 rings (SSSR count). The molecule has 1 aromatic rings. The van der Waals surface area contributed by atoms with Gasteiger partial charge in [-0.3, -0.25) is 4.79 Å². The summed E-state index contributed by atoms with van der Waals surface area (Å²) in [6.07, 6.45) is 2.71. The van der Waals surface area contributed by atoms with Gasteiger partial charge in [0.05, 0.1) is 12.0 Å². The molecule has 1 aromatic carbocycles.